The summed E-state index contributed by atoms with van der Waals surface area (Å²) >= 11 is 0. The number of carbonyl (C=O) groups excluding carboxylic acids is 1. The molecule has 2 N–H and O–H groups in total. The number of hydrogen-bond acceptors (Lipinski definition) is 5. The van der Waals surface area contributed by atoms with Gasteiger partial charge < -0.3 is 25.2 Å². The molecule has 1 aliphatic heterocycles. The molecule has 2 aromatic rings. The second kappa shape index (κ2) is 12.2. The van der Waals surface area contributed by atoms with Crippen molar-refractivity contribution in [3.63, 3.8) is 0 Å². The summed E-state index contributed by atoms with van der Waals surface area (Å²) in [5.74, 6) is 2.49. The van der Waals surface area contributed by atoms with Crippen LogP contribution in [0.3, 0.4) is 0 Å². The average molecular weight is 524 g/mol. The second-order valence-corrected chi connectivity index (χ2v) is 6.62. The molecule has 0 radical (unpaired) electrons. The molecule has 0 spiro atoms. The van der Waals surface area contributed by atoms with E-state index < -0.39 is 0 Å². The minimum absolute atomic E-state index is 0. The quantitative estimate of drug-likeness (QED) is 0.260. The number of guanidine groups is 1. The summed E-state index contributed by atoms with van der Waals surface area (Å²) in [4.78, 5) is 25.5. The fraction of sp³-hybridized carbons (Fsp3) is 0.381. The first-order valence-corrected chi connectivity index (χ1v) is 9.75. The normalized spacial score (nSPS) is 14.0. The molecule has 0 saturated carbocycles. The SMILES string of the molecule is CN=C(NCCNC(=O)c1ccc(OC)cc1)N1CCN(c2ccccn2)CC1.I. The smallest absolute Gasteiger partial charge is 0.251 e. The van der Waals surface area contributed by atoms with Crippen LogP contribution < -0.4 is 20.3 Å². The molecule has 0 bridgehead atoms. The number of benzene rings is 1. The molecule has 0 atom stereocenters. The van der Waals surface area contributed by atoms with E-state index in [1.165, 1.54) is 0 Å². The molecule has 1 saturated heterocycles. The summed E-state index contributed by atoms with van der Waals surface area (Å²) in [5, 5.41) is 6.24. The molecular weight excluding hydrogens is 495 g/mol. The van der Waals surface area contributed by atoms with Crippen LogP contribution in [0.15, 0.2) is 53.7 Å². The molecule has 3 rings (SSSR count). The maximum atomic E-state index is 12.2. The van der Waals surface area contributed by atoms with Gasteiger partial charge in [0.15, 0.2) is 5.96 Å². The summed E-state index contributed by atoms with van der Waals surface area (Å²) in [6.45, 7) is 4.65. The molecule has 0 aliphatic carbocycles. The van der Waals surface area contributed by atoms with Gasteiger partial charge in [-0.05, 0) is 36.4 Å². The standard InChI is InChI=1S/C21H28N6O2.HI/c1-22-21(27-15-13-26(14-16-27)19-5-3-4-10-23-19)25-12-11-24-20(28)17-6-8-18(29-2)9-7-17;/h3-10H,11-16H2,1-2H3,(H,22,25)(H,24,28);1H. The Morgan fingerprint density at radius 1 is 1.07 bits per heavy atom. The van der Waals surface area contributed by atoms with Crippen LogP contribution in [0, 0.1) is 0 Å². The third-order valence-electron chi connectivity index (χ3n) is 4.81. The summed E-state index contributed by atoms with van der Waals surface area (Å²) in [7, 11) is 3.38. The van der Waals surface area contributed by atoms with E-state index in [2.05, 4.69) is 30.4 Å². The zero-order valence-corrected chi connectivity index (χ0v) is 19.7. The van der Waals surface area contributed by atoms with Gasteiger partial charge in [0.25, 0.3) is 5.91 Å². The van der Waals surface area contributed by atoms with Gasteiger partial charge in [-0.1, -0.05) is 6.07 Å². The van der Waals surface area contributed by atoms with Crippen molar-refractivity contribution in [3.8, 4) is 5.75 Å². The van der Waals surface area contributed by atoms with Crippen LogP contribution in [0.4, 0.5) is 5.82 Å². The van der Waals surface area contributed by atoms with E-state index in [0.717, 1.165) is 43.7 Å². The number of amides is 1. The minimum atomic E-state index is -0.103. The van der Waals surface area contributed by atoms with Crippen molar-refractivity contribution in [1.29, 1.82) is 0 Å². The number of nitrogens with zero attached hydrogens (tertiary/aromatic N) is 4. The molecular formula is C21H29IN6O2. The molecule has 1 fully saturated rings. The second-order valence-electron chi connectivity index (χ2n) is 6.62. The first-order valence-electron chi connectivity index (χ1n) is 9.75. The predicted molar refractivity (Wildman–Crippen MR) is 130 cm³/mol. The number of carbonyl (C=O) groups is 1. The lowest BCUT2D eigenvalue weighted by atomic mass is 10.2. The van der Waals surface area contributed by atoms with Crippen molar-refractivity contribution in [2.24, 2.45) is 4.99 Å². The molecule has 1 aromatic carbocycles. The van der Waals surface area contributed by atoms with Crippen LogP contribution in [-0.4, -0.2) is 75.2 Å². The molecule has 0 unspecified atom stereocenters. The third-order valence-corrected chi connectivity index (χ3v) is 4.81. The number of anilines is 1. The van der Waals surface area contributed by atoms with E-state index in [-0.39, 0.29) is 29.9 Å². The molecule has 8 nitrogen and oxygen atoms in total. The van der Waals surface area contributed by atoms with Crippen molar-refractivity contribution in [2.75, 3.05) is 58.3 Å². The Hall–Kier alpha value is -2.56. The van der Waals surface area contributed by atoms with Gasteiger partial charge in [0.2, 0.25) is 0 Å². The third kappa shape index (κ3) is 6.48. The van der Waals surface area contributed by atoms with Gasteiger partial charge in [-0.15, -0.1) is 24.0 Å². The predicted octanol–water partition coefficient (Wildman–Crippen LogP) is 1.84. The van der Waals surface area contributed by atoms with Gasteiger partial charge in [0, 0.05) is 58.1 Å². The van der Waals surface area contributed by atoms with Crippen LogP contribution in [0.25, 0.3) is 0 Å². The number of nitrogens with one attached hydrogen (secondary N) is 2. The Bertz CT molecular complexity index is 808. The number of methoxy groups -OCH3 is 1. The van der Waals surface area contributed by atoms with E-state index in [4.69, 9.17) is 4.74 Å². The fourth-order valence-corrected chi connectivity index (χ4v) is 3.22. The van der Waals surface area contributed by atoms with Gasteiger partial charge in [-0.25, -0.2) is 4.98 Å². The molecule has 30 heavy (non-hydrogen) atoms. The van der Waals surface area contributed by atoms with Crippen molar-refractivity contribution < 1.29 is 9.53 Å². The highest BCUT2D eigenvalue weighted by Crippen LogP contribution is 2.13. The topological polar surface area (TPSA) is 82.1 Å². The fourth-order valence-electron chi connectivity index (χ4n) is 3.22. The highest BCUT2D eigenvalue weighted by Gasteiger charge is 2.20. The number of rotatable bonds is 6. The van der Waals surface area contributed by atoms with Crippen LogP contribution >= 0.6 is 24.0 Å². The molecule has 9 heteroatoms. The number of ether oxygens (including phenoxy) is 1. The Balaban J connectivity index is 0.00000320. The number of piperazine rings is 1. The highest BCUT2D eigenvalue weighted by atomic mass is 127. The molecule has 162 valence electrons. The zero-order valence-electron chi connectivity index (χ0n) is 17.4. The highest BCUT2D eigenvalue weighted by molar-refractivity contribution is 14.0. The first-order chi connectivity index (χ1) is 14.2. The van der Waals surface area contributed by atoms with Crippen molar-refractivity contribution in [2.45, 2.75) is 0 Å². The van der Waals surface area contributed by atoms with Gasteiger partial charge in [-0.2, -0.15) is 0 Å². The van der Waals surface area contributed by atoms with Crippen LogP contribution in [0.1, 0.15) is 10.4 Å². The first kappa shape index (κ1) is 23.7. The van der Waals surface area contributed by atoms with Gasteiger partial charge in [-0.3, -0.25) is 9.79 Å². The number of aromatic nitrogens is 1. The van der Waals surface area contributed by atoms with Crippen molar-refractivity contribution in [1.82, 2.24) is 20.5 Å². The summed E-state index contributed by atoms with van der Waals surface area (Å²) in [6.07, 6.45) is 1.82. The Labute approximate surface area is 194 Å². The largest absolute Gasteiger partial charge is 0.497 e. The summed E-state index contributed by atoms with van der Waals surface area (Å²) < 4.78 is 5.11. The summed E-state index contributed by atoms with van der Waals surface area (Å²) in [5.41, 5.74) is 0.612. The van der Waals surface area contributed by atoms with E-state index in [1.54, 1.807) is 38.4 Å². The van der Waals surface area contributed by atoms with Crippen LogP contribution in [0.5, 0.6) is 5.75 Å². The summed E-state index contributed by atoms with van der Waals surface area (Å²) in [6, 6.07) is 13.0. The van der Waals surface area contributed by atoms with E-state index in [0.29, 0.717) is 18.7 Å². The van der Waals surface area contributed by atoms with E-state index >= 15 is 0 Å². The van der Waals surface area contributed by atoms with Crippen LogP contribution in [-0.2, 0) is 0 Å². The van der Waals surface area contributed by atoms with Crippen LogP contribution in [0.2, 0.25) is 0 Å². The lowest BCUT2D eigenvalue weighted by Gasteiger charge is -2.37. The van der Waals surface area contributed by atoms with E-state index in [9.17, 15) is 4.79 Å². The Kier molecular flexibility index (Phi) is 9.65. The maximum Gasteiger partial charge on any atom is 0.251 e. The van der Waals surface area contributed by atoms with Gasteiger partial charge >= 0.3 is 0 Å². The number of hydrogen-bond donors (Lipinski definition) is 2. The van der Waals surface area contributed by atoms with Crippen molar-refractivity contribution in [3.05, 3.63) is 54.2 Å². The molecule has 2 heterocycles. The zero-order chi connectivity index (χ0) is 20.5. The minimum Gasteiger partial charge on any atom is -0.497 e. The van der Waals surface area contributed by atoms with Gasteiger partial charge in [0.05, 0.1) is 7.11 Å². The van der Waals surface area contributed by atoms with E-state index in [1.807, 2.05) is 24.4 Å². The molecule has 1 amide bonds. The van der Waals surface area contributed by atoms with Gasteiger partial charge in [0.1, 0.15) is 11.6 Å². The van der Waals surface area contributed by atoms with Crippen molar-refractivity contribution >= 4 is 41.7 Å². The molecule has 1 aromatic heterocycles. The Morgan fingerprint density at radius 2 is 1.77 bits per heavy atom. The number of halogens is 1. The average Bonchev–Trinajstić information content (AvgIpc) is 2.80. The molecule has 1 aliphatic rings. The maximum absolute atomic E-state index is 12.2. The number of aliphatic imine (C=N–C) groups is 1. The number of pyridine rings is 1. The monoisotopic (exact) mass is 524 g/mol. The lowest BCUT2D eigenvalue weighted by Crippen LogP contribution is -2.53. The Morgan fingerprint density at radius 3 is 2.37 bits per heavy atom. The lowest BCUT2D eigenvalue weighted by molar-refractivity contribution is 0.0954.